The van der Waals surface area contributed by atoms with E-state index in [0.29, 0.717) is 0 Å². The first-order valence-corrected chi connectivity index (χ1v) is 6.16. The molecule has 0 bridgehead atoms. The van der Waals surface area contributed by atoms with Crippen LogP contribution in [0.2, 0.25) is 0 Å². The lowest BCUT2D eigenvalue weighted by Gasteiger charge is -2.32. The van der Waals surface area contributed by atoms with Crippen LogP contribution < -0.4 is 0 Å². The minimum Gasteiger partial charge on any atom is -0.481 e. The van der Waals surface area contributed by atoms with Crippen LogP contribution in [0, 0.1) is 5.92 Å². The lowest BCUT2D eigenvalue weighted by atomic mass is 9.75. The van der Waals surface area contributed by atoms with Crippen molar-refractivity contribution >= 4 is 5.97 Å². The molecule has 0 saturated heterocycles. The van der Waals surface area contributed by atoms with Crippen molar-refractivity contribution in [3.8, 4) is 0 Å². The van der Waals surface area contributed by atoms with Crippen LogP contribution in [0.4, 0.5) is 0 Å². The molecule has 3 nitrogen and oxygen atoms in total. The number of carboxylic acid groups (broad SMARTS) is 1. The molecule has 0 heterocycles. The summed E-state index contributed by atoms with van der Waals surface area (Å²) in [5.74, 6) is -1.56. The van der Waals surface area contributed by atoms with Crippen LogP contribution in [0.3, 0.4) is 0 Å². The van der Waals surface area contributed by atoms with Crippen molar-refractivity contribution in [3.05, 3.63) is 35.9 Å². The predicted molar refractivity (Wildman–Crippen MR) is 64.8 cm³/mol. The molecule has 0 aromatic heterocycles. The summed E-state index contributed by atoms with van der Waals surface area (Å²) in [6.45, 7) is 0. The number of carbonyl (C=O) groups is 1. The molecule has 2 N–H and O–H groups in total. The Morgan fingerprint density at radius 1 is 1.18 bits per heavy atom. The van der Waals surface area contributed by atoms with Gasteiger partial charge < -0.3 is 10.2 Å². The predicted octanol–water partition coefficient (Wildman–Crippen LogP) is 2.41. The summed E-state index contributed by atoms with van der Waals surface area (Å²) in [5, 5.41) is 19.4. The minimum atomic E-state index is -0.831. The van der Waals surface area contributed by atoms with Gasteiger partial charge in [-0.05, 0) is 18.4 Å². The largest absolute Gasteiger partial charge is 0.481 e. The smallest absolute Gasteiger partial charge is 0.311 e. The van der Waals surface area contributed by atoms with Gasteiger partial charge in [0.25, 0.3) is 0 Å². The Morgan fingerprint density at radius 3 is 2.41 bits per heavy atom. The number of aliphatic hydroxyl groups is 1. The van der Waals surface area contributed by atoms with Crippen molar-refractivity contribution in [1.82, 2.24) is 0 Å². The quantitative estimate of drug-likeness (QED) is 0.844. The second kappa shape index (κ2) is 5.32. The van der Waals surface area contributed by atoms with Crippen molar-refractivity contribution in [2.24, 2.45) is 5.92 Å². The van der Waals surface area contributed by atoms with Crippen LogP contribution in [-0.2, 0) is 4.79 Å². The number of hydrogen-bond acceptors (Lipinski definition) is 2. The number of carboxylic acids is 1. The molecule has 2 rings (SSSR count). The molecule has 3 heteroatoms. The number of aliphatic carboxylic acids is 1. The molecule has 3 atom stereocenters. The molecule has 92 valence electrons. The highest BCUT2D eigenvalue weighted by Gasteiger charge is 2.35. The van der Waals surface area contributed by atoms with Crippen LogP contribution in [0.5, 0.6) is 0 Å². The molecule has 0 aliphatic heterocycles. The van der Waals surface area contributed by atoms with Gasteiger partial charge in [0.1, 0.15) is 0 Å². The molecule has 1 aromatic carbocycles. The maximum Gasteiger partial charge on any atom is 0.311 e. The summed E-state index contributed by atoms with van der Waals surface area (Å²) in [4.78, 5) is 11.4. The van der Waals surface area contributed by atoms with E-state index in [1.807, 2.05) is 30.3 Å². The van der Waals surface area contributed by atoms with E-state index < -0.39 is 18.0 Å². The van der Waals surface area contributed by atoms with E-state index in [-0.39, 0.29) is 5.92 Å². The summed E-state index contributed by atoms with van der Waals surface area (Å²) >= 11 is 0. The zero-order chi connectivity index (χ0) is 12.3. The van der Waals surface area contributed by atoms with Crippen molar-refractivity contribution in [2.75, 3.05) is 0 Å². The molecule has 17 heavy (non-hydrogen) atoms. The van der Waals surface area contributed by atoms with Crippen molar-refractivity contribution < 1.29 is 15.0 Å². The van der Waals surface area contributed by atoms with E-state index in [0.717, 1.165) is 31.2 Å². The Balaban J connectivity index is 2.26. The van der Waals surface area contributed by atoms with Gasteiger partial charge in [0.05, 0.1) is 12.0 Å². The maximum absolute atomic E-state index is 11.4. The topological polar surface area (TPSA) is 57.5 Å². The van der Waals surface area contributed by atoms with Crippen LogP contribution in [0.1, 0.15) is 37.2 Å². The third-order valence-electron chi connectivity index (χ3n) is 3.63. The first-order chi connectivity index (χ1) is 8.20. The van der Waals surface area contributed by atoms with Gasteiger partial charge >= 0.3 is 5.97 Å². The third-order valence-corrected chi connectivity index (χ3v) is 3.63. The average Bonchev–Trinajstić information content (AvgIpc) is 2.33. The van der Waals surface area contributed by atoms with Crippen LogP contribution >= 0.6 is 0 Å². The lowest BCUT2D eigenvalue weighted by Crippen LogP contribution is -2.33. The standard InChI is InChI=1S/C14H18O3/c15-12-9-5-4-8-11(12)13(14(16)17)10-6-2-1-3-7-10/h1-3,6-7,11-13,15H,4-5,8-9H2,(H,16,17)/t11-,12-,13+/m1/s1. The number of aliphatic hydroxyl groups excluding tert-OH is 1. The first-order valence-electron chi connectivity index (χ1n) is 6.16. The molecule has 1 aliphatic rings. The van der Waals surface area contributed by atoms with Gasteiger partial charge in [-0.15, -0.1) is 0 Å². The summed E-state index contributed by atoms with van der Waals surface area (Å²) in [6.07, 6.45) is 3.05. The Labute approximate surface area is 101 Å². The highest BCUT2D eigenvalue weighted by Crippen LogP contribution is 2.36. The molecule has 1 aromatic rings. The zero-order valence-electron chi connectivity index (χ0n) is 9.75. The fraction of sp³-hybridized carbons (Fsp3) is 0.500. The van der Waals surface area contributed by atoms with Gasteiger partial charge in [0.15, 0.2) is 0 Å². The van der Waals surface area contributed by atoms with E-state index in [4.69, 9.17) is 0 Å². The van der Waals surface area contributed by atoms with E-state index in [1.165, 1.54) is 0 Å². The maximum atomic E-state index is 11.4. The average molecular weight is 234 g/mol. The summed E-state index contributed by atoms with van der Waals surface area (Å²) < 4.78 is 0. The zero-order valence-corrected chi connectivity index (χ0v) is 9.75. The van der Waals surface area contributed by atoms with Gasteiger partial charge in [-0.1, -0.05) is 43.2 Å². The normalized spacial score (nSPS) is 26.4. The van der Waals surface area contributed by atoms with Gasteiger partial charge in [-0.3, -0.25) is 4.79 Å². The second-order valence-electron chi connectivity index (χ2n) is 4.74. The fourth-order valence-corrected chi connectivity index (χ4v) is 2.76. The molecule has 0 amide bonds. The number of rotatable bonds is 3. The molecule has 0 spiro atoms. The van der Waals surface area contributed by atoms with Gasteiger partial charge in [-0.25, -0.2) is 0 Å². The number of benzene rings is 1. The Morgan fingerprint density at radius 2 is 1.82 bits per heavy atom. The van der Waals surface area contributed by atoms with Gasteiger partial charge in [0.2, 0.25) is 0 Å². The third kappa shape index (κ3) is 2.67. The summed E-state index contributed by atoms with van der Waals surface area (Å²) in [7, 11) is 0. The van der Waals surface area contributed by atoms with Crippen LogP contribution in [0.25, 0.3) is 0 Å². The number of hydrogen-bond donors (Lipinski definition) is 2. The highest BCUT2D eigenvalue weighted by atomic mass is 16.4. The molecular weight excluding hydrogens is 216 g/mol. The van der Waals surface area contributed by atoms with Crippen molar-refractivity contribution in [1.29, 1.82) is 0 Å². The summed E-state index contributed by atoms with van der Waals surface area (Å²) in [5.41, 5.74) is 0.797. The summed E-state index contributed by atoms with van der Waals surface area (Å²) in [6, 6.07) is 9.24. The van der Waals surface area contributed by atoms with Gasteiger partial charge in [-0.2, -0.15) is 0 Å². The Kier molecular flexibility index (Phi) is 3.79. The lowest BCUT2D eigenvalue weighted by molar-refractivity contribution is -0.142. The Hall–Kier alpha value is -1.35. The van der Waals surface area contributed by atoms with E-state index >= 15 is 0 Å². The molecule has 1 saturated carbocycles. The molecule has 0 radical (unpaired) electrons. The molecule has 1 aliphatic carbocycles. The van der Waals surface area contributed by atoms with E-state index in [2.05, 4.69) is 0 Å². The molecule has 1 fully saturated rings. The first kappa shape index (κ1) is 12.1. The van der Waals surface area contributed by atoms with E-state index in [9.17, 15) is 15.0 Å². The van der Waals surface area contributed by atoms with E-state index in [1.54, 1.807) is 0 Å². The van der Waals surface area contributed by atoms with Gasteiger partial charge in [0, 0.05) is 5.92 Å². The fourth-order valence-electron chi connectivity index (χ4n) is 2.76. The van der Waals surface area contributed by atoms with Crippen LogP contribution in [-0.4, -0.2) is 22.3 Å². The molecule has 0 unspecified atom stereocenters. The van der Waals surface area contributed by atoms with Crippen LogP contribution in [0.15, 0.2) is 30.3 Å². The minimum absolute atomic E-state index is 0.149. The Bertz CT molecular complexity index is 374. The monoisotopic (exact) mass is 234 g/mol. The highest BCUT2D eigenvalue weighted by molar-refractivity contribution is 5.76. The van der Waals surface area contributed by atoms with Crippen molar-refractivity contribution in [2.45, 2.75) is 37.7 Å². The SMILES string of the molecule is O=C(O)[C@@H](c1ccccc1)[C@@H]1CCCC[C@H]1O. The van der Waals surface area contributed by atoms with Crippen molar-refractivity contribution in [3.63, 3.8) is 0 Å². The molecular formula is C14H18O3. The second-order valence-corrected chi connectivity index (χ2v) is 4.74.